The lowest BCUT2D eigenvalue weighted by molar-refractivity contribution is -0.140. The Morgan fingerprint density at radius 3 is 2.18 bits per heavy atom. The maximum atomic E-state index is 11.4. The second-order valence-electron chi connectivity index (χ2n) is 4.22. The maximum absolute atomic E-state index is 11.4. The molecule has 6 nitrogen and oxygen atoms in total. The van der Waals surface area contributed by atoms with Crippen LogP contribution in [-0.4, -0.2) is 45.4 Å². The van der Waals surface area contributed by atoms with Crippen LogP contribution < -0.4 is 10.6 Å². The summed E-state index contributed by atoms with van der Waals surface area (Å²) in [6, 6.07) is -1.47. The van der Waals surface area contributed by atoms with Crippen LogP contribution in [0.3, 0.4) is 0 Å². The van der Waals surface area contributed by atoms with Crippen LogP contribution in [0.4, 0.5) is 4.79 Å². The van der Waals surface area contributed by atoms with Crippen molar-refractivity contribution < 1.29 is 18.9 Å². The molecule has 0 aliphatic heterocycles. The SMILES string of the molecule is CC(C)[C@@H](NC(=O)NCC(C)S(C)=O)C(=O)O. The summed E-state index contributed by atoms with van der Waals surface area (Å²) >= 11 is 0. The number of carboxylic acids is 1. The quantitative estimate of drug-likeness (QED) is 0.637. The van der Waals surface area contributed by atoms with E-state index in [2.05, 4.69) is 10.6 Å². The highest BCUT2D eigenvalue weighted by Crippen LogP contribution is 2.01. The molecular formula is C10H20N2O4S. The first-order valence-electron chi connectivity index (χ1n) is 5.35. The summed E-state index contributed by atoms with van der Waals surface area (Å²) in [5.74, 6) is -1.27. The predicted molar refractivity (Wildman–Crippen MR) is 66.3 cm³/mol. The Labute approximate surface area is 104 Å². The van der Waals surface area contributed by atoms with Gasteiger partial charge in [-0.2, -0.15) is 0 Å². The number of nitrogens with one attached hydrogen (secondary N) is 2. The number of aliphatic carboxylic acids is 1. The van der Waals surface area contributed by atoms with Crippen molar-refractivity contribution in [1.82, 2.24) is 10.6 Å². The molecule has 0 heterocycles. The molecule has 0 aromatic carbocycles. The van der Waals surface area contributed by atoms with Crippen molar-refractivity contribution in [3.8, 4) is 0 Å². The Balaban J connectivity index is 4.16. The van der Waals surface area contributed by atoms with Crippen molar-refractivity contribution in [2.24, 2.45) is 5.92 Å². The van der Waals surface area contributed by atoms with Crippen molar-refractivity contribution in [1.29, 1.82) is 0 Å². The first kappa shape index (κ1) is 15.9. The number of amides is 2. The Morgan fingerprint density at radius 1 is 1.29 bits per heavy atom. The van der Waals surface area contributed by atoms with Gasteiger partial charge in [0.2, 0.25) is 0 Å². The smallest absolute Gasteiger partial charge is 0.326 e. The van der Waals surface area contributed by atoms with Crippen LogP contribution in [0.15, 0.2) is 0 Å². The third kappa shape index (κ3) is 6.25. The van der Waals surface area contributed by atoms with Gasteiger partial charge in [0.05, 0.1) is 0 Å². The molecule has 2 amide bonds. The maximum Gasteiger partial charge on any atom is 0.326 e. The van der Waals surface area contributed by atoms with Crippen molar-refractivity contribution >= 4 is 22.8 Å². The van der Waals surface area contributed by atoms with E-state index in [9.17, 15) is 13.8 Å². The Bertz CT molecular complexity index is 307. The fraction of sp³-hybridized carbons (Fsp3) is 0.800. The summed E-state index contributed by atoms with van der Waals surface area (Å²) < 4.78 is 11.0. The molecule has 3 N–H and O–H groups in total. The number of urea groups is 1. The molecule has 7 heteroatoms. The lowest BCUT2D eigenvalue weighted by Crippen LogP contribution is -2.49. The first-order valence-corrected chi connectivity index (χ1v) is 6.97. The monoisotopic (exact) mass is 264 g/mol. The zero-order chi connectivity index (χ0) is 13.6. The minimum atomic E-state index is -1.07. The van der Waals surface area contributed by atoms with Crippen LogP contribution in [0, 0.1) is 5.92 Å². The van der Waals surface area contributed by atoms with Gasteiger partial charge in [-0.15, -0.1) is 0 Å². The van der Waals surface area contributed by atoms with Crippen LogP contribution in [-0.2, 0) is 15.6 Å². The molecule has 100 valence electrons. The van der Waals surface area contributed by atoms with Crippen LogP contribution in [0.2, 0.25) is 0 Å². The van der Waals surface area contributed by atoms with Crippen molar-refractivity contribution in [3.63, 3.8) is 0 Å². The van der Waals surface area contributed by atoms with Gasteiger partial charge in [0, 0.05) is 28.9 Å². The zero-order valence-electron chi connectivity index (χ0n) is 10.5. The van der Waals surface area contributed by atoms with Gasteiger partial charge in [0.25, 0.3) is 0 Å². The van der Waals surface area contributed by atoms with E-state index in [1.54, 1.807) is 27.0 Å². The zero-order valence-corrected chi connectivity index (χ0v) is 11.3. The molecule has 0 aliphatic carbocycles. The minimum Gasteiger partial charge on any atom is -0.480 e. The number of hydrogen-bond donors (Lipinski definition) is 3. The molecule has 2 unspecified atom stereocenters. The summed E-state index contributed by atoms with van der Waals surface area (Å²) in [6.45, 7) is 5.42. The summed E-state index contributed by atoms with van der Waals surface area (Å²) in [5, 5.41) is 13.6. The number of carbonyl (C=O) groups excluding carboxylic acids is 1. The second-order valence-corrected chi connectivity index (χ2v) is 6.03. The van der Waals surface area contributed by atoms with Crippen LogP contribution in [0.1, 0.15) is 20.8 Å². The van der Waals surface area contributed by atoms with E-state index in [0.29, 0.717) is 0 Å². The third-order valence-corrected chi connectivity index (χ3v) is 3.64. The standard InChI is InChI=1S/C10H20N2O4S/c1-6(2)8(9(13)14)12-10(15)11-5-7(3)17(4)16/h6-8H,5H2,1-4H3,(H,13,14)(H2,11,12,15)/t7?,8-,17?/m1/s1. The van der Waals surface area contributed by atoms with Gasteiger partial charge in [-0.05, 0) is 12.8 Å². The van der Waals surface area contributed by atoms with Crippen molar-refractivity contribution in [2.45, 2.75) is 32.1 Å². The molecule has 0 saturated carbocycles. The Kier molecular flexibility index (Phi) is 6.79. The number of carbonyl (C=O) groups is 2. The van der Waals surface area contributed by atoms with E-state index in [1.165, 1.54) is 0 Å². The van der Waals surface area contributed by atoms with Crippen LogP contribution in [0.25, 0.3) is 0 Å². The fourth-order valence-electron chi connectivity index (χ4n) is 1.06. The topological polar surface area (TPSA) is 95.5 Å². The molecule has 0 spiro atoms. The summed E-state index contributed by atoms with van der Waals surface area (Å²) in [7, 11) is -1.02. The lowest BCUT2D eigenvalue weighted by atomic mass is 10.1. The van der Waals surface area contributed by atoms with Gasteiger partial charge in [-0.25, -0.2) is 9.59 Å². The number of hydrogen-bond acceptors (Lipinski definition) is 3. The number of carboxylic acid groups (broad SMARTS) is 1. The van der Waals surface area contributed by atoms with E-state index in [4.69, 9.17) is 5.11 Å². The second kappa shape index (κ2) is 7.26. The molecule has 0 rings (SSSR count). The molecule has 0 aliphatic rings. The highest BCUT2D eigenvalue weighted by Gasteiger charge is 2.23. The summed E-state index contributed by atoms with van der Waals surface area (Å²) in [6.07, 6.45) is 1.55. The van der Waals surface area contributed by atoms with E-state index in [-0.39, 0.29) is 17.7 Å². The fourth-order valence-corrected chi connectivity index (χ4v) is 1.38. The van der Waals surface area contributed by atoms with Gasteiger partial charge in [0.15, 0.2) is 0 Å². The highest BCUT2D eigenvalue weighted by atomic mass is 32.2. The normalized spacial score (nSPS) is 16.1. The van der Waals surface area contributed by atoms with Gasteiger partial charge in [0.1, 0.15) is 6.04 Å². The number of rotatable bonds is 6. The first-order chi connectivity index (χ1) is 7.75. The van der Waals surface area contributed by atoms with Crippen LogP contribution in [0.5, 0.6) is 0 Å². The molecule has 3 atom stereocenters. The minimum absolute atomic E-state index is 0.164. The molecule has 0 aromatic heterocycles. The Morgan fingerprint density at radius 2 is 1.82 bits per heavy atom. The molecule has 17 heavy (non-hydrogen) atoms. The van der Waals surface area contributed by atoms with E-state index < -0.39 is 28.8 Å². The summed E-state index contributed by atoms with van der Waals surface area (Å²) in [5.41, 5.74) is 0. The lowest BCUT2D eigenvalue weighted by Gasteiger charge is -2.19. The van der Waals surface area contributed by atoms with E-state index in [1.807, 2.05) is 0 Å². The van der Waals surface area contributed by atoms with Crippen molar-refractivity contribution in [3.05, 3.63) is 0 Å². The predicted octanol–water partition coefficient (Wildman–Crippen LogP) is 0.162. The van der Waals surface area contributed by atoms with Gasteiger partial charge >= 0.3 is 12.0 Å². The third-order valence-electron chi connectivity index (χ3n) is 2.34. The van der Waals surface area contributed by atoms with E-state index >= 15 is 0 Å². The average Bonchev–Trinajstić information content (AvgIpc) is 2.21. The molecule has 0 aromatic rings. The molecule has 0 fully saturated rings. The molecule has 0 saturated heterocycles. The molecule has 0 radical (unpaired) electrons. The van der Waals surface area contributed by atoms with Crippen LogP contribution >= 0.6 is 0 Å². The van der Waals surface area contributed by atoms with Crippen molar-refractivity contribution in [2.75, 3.05) is 12.8 Å². The molecule has 0 bridgehead atoms. The Hall–Kier alpha value is -1.11. The highest BCUT2D eigenvalue weighted by molar-refractivity contribution is 7.84. The average molecular weight is 264 g/mol. The van der Waals surface area contributed by atoms with Gasteiger partial charge in [-0.1, -0.05) is 13.8 Å². The summed E-state index contributed by atoms with van der Waals surface area (Å²) in [4.78, 5) is 22.2. The van der Waals surface area contributed by atoms with Gasteiger partial charge < -0.3 is 15.7 Å². The largest absolute Gasteiger partial charge is 0.480 e. The molecular weight excluding hydrogens is 244 g/mol. The van der Waals surface area contributed by atoms with E-state index in [0.717, 1.165) is 0 Å². The van der Waals surface area contributed by atoms with Gasteiger partial charge in [-0.3, -0.25) is 4.21 Å².